The second-order valence-electron chi connectivity index (χ2n) is 7.60. The summed E-state index contributed by atoms with van der Waals surface area (Å²) < 4.78 is 13.4. The van der Waals surface area contributed by atoms with E-state index in [2.05, 4.69) is 61.0 Å². The number of fused-ring (bicyclic) bond motifs is 1. The highest BCUT2D eigenvalue weighted by atomic mass is 19.1. The highest BCUT2D eigenvalue weighted by molar-refractivity contribution is 5.85. The van der Waals surface area contributed by atoms with Gasteiger partial charge in [0, 0.05) is 12.1 Å². The van der Waals surface area contributed by atoms with E-state index >= 15 is 0 Å². The van der Waals surface area contributed by atoms with Crippen molar-refractivity contribution in [3.63, 3.8) is 0 Å². The molecule has 0 aromatic heterocycles. The van der Waals surface area contributed by atoms with E-state index in [1.807, 2.05) is 6.21 Å². The number of benzene rings is 2. The molecule has 2 aliphatic rings. The Hall–Kier alpha value is -2.29. The quantitative estimate of drug-likeness (QED) is 0.564. The second kappa shape index (κ2) is 8.16. The zero-order valence-corrected chi connectivity index (χ0v) is 15.8. The van der Waals surface area contributed by atoms with Crippen molar-refractivity contribution in [1.82, 2.24) is 0 Å². The van der Waals surface area contributed by atoms with E-state index < -0.39 is 6.17 Å². The van der Waals surface area contributed by atoms with Crippen LogP contribution in [-0.2, 0) is 6.42 Å². The summed E-state index contributed by atoms with van der Waals surface area (Å²) in [5.41, 5.74) is 7.26. The van der Waals surface area contributed by atoms with Crippen molar-refractivity contribution < 1.29 is 9.09 Å². The first-order chi connectivity index (χ1) is 12.7. The van der Waals surface area contributed by atoms with E-state index in [0.717, 1.165) is 36.1 Å². The number of hydrogen-bond acceptors (Lipinski definition) is 1. The van der Waals surface area contributed by atoms with Crippen molar-refractivity contribution in [3.05, 3.63) is 71.3 Å². The number of aryl methyl sites for hydroxylation is 1. The third-order valence-electron chi connectivity index (χ3n) is 6.00. The van der Waals surface area contributed by atoms with Crippen molar-refractivity contribution in [3.8, 4) is 0 Å². The molecule has 1 atom stereocenters. The molecule has 1 aliphatic heterocycles. The molecule has 27 heavy (non-hydrogen) atoms. The van der Waals surface area contributed by atoms with Gasteiger partial charge in [-0.3, -0.25) is 9.70 Å². The van der Waals surface area contributed by atoms with Gasteiger partial charge in [0.25, 0.3) is 0 Å². The Balaban J connectivity index is 0.00000210. The Morgan fingerprint density at radius 3 is 2.44 bits per heavy atom. The number of aliphatic imine (C=N–C) groups is 1. The number of nitrogens with zero attached hydrogens (tertiary/aromatic N) is 1. The maximum absolute atomic E-state index is 13.4. The van der Waals surface area contributed by atoms with Crippen LogP contribution in [0.5, 0.6) is 0 Å². The van der Waals surface area contributed by atoms with Crippen LogP contribution >= 0.6 is 0 Å². The second-order valence-corrected chi connectivity index (χ2v) is 7.60. The molecule has 0 radical (unpaired) electrons. The van der Waals surface area contributed by atoms with Crippen LogP contribution in [-0.4, -0.2) is 12.4 Å². The number of alkyl halides is 1. The Kier molecular flexibility index (Phi) is 5.88. The Morgan fingerprint density at radius 2 is 1.78 bits per heavy atom. The van der Waals surface area contributed by atoms with E-state index in [9.17, 15) is 4.39 Å². The molecular formula is C24H27F2N. The maximum Gasteiger partial charge on any atom is 0.100 e. The molecule has 3 heteroatoms. The Morgan fingerprint density at radius 1 is 1.07 bits per heavy atom. The van der Waals surface area contributed by atoms with Crippen molar-refractivity contribution in [2.75, 3.05) is 0 Å². The Labute approximate surface area is 160 Å². The first-order valence-electron chi connectivity index (χ1n) is 9.76. The lowest BCUT2D eigenvalue weighted by molar-refractivity contribution is 0.230. The summed E-state index contributed by atoms with van der Waals surface area (Å²) in [7, 11) is 0. The van der Waals surface area contributed by atoms with Gasteiger partial charge in [0.15, 0.2) is 0 Å². The predicted octanol–water partition coefficient (Wildman–Crippen LogP) is 6.79. The zero-order valence-electron chi connectivity index (χ0n) is 15.8. The largest absolute Gasteiger partial charge is 0.269 e. The SMILES string of the molecule is C=C(c1ccc2c(c1)N=CC2c1ccc(CC)cc1)C1CCC(F)CC1.F. The van der Waals surface area contributed by atoms with E-state index in [-0.39, 0.29) is 10.6 Å². The summed E-state index contributed by atoms with van der Waals surface area (Å²) in [5.74, 6) is 0.642. The molecule has 2 aromatic rings. The predicted molar refractivity (Wildman–Crippen MR) is 111 cm³/mol. The summed E-state index contributed by atoms with van der Waals surface area (Å²) in [6.07, 6.45) is 5.64. The lowest BCUT2D eigenvalue weighted by atomic mass is 9.80. The lowest BCUT2D eigenvalue weighted by Gasteiger charge is -2.26. The third-order valence-corrected chi connectivity index (χ3v) is 6.00. The lowest BCUT2D eigenvalue weighted by Crippen LogP contribution is -2.15. The minimum atomic E-state index is -0.622. The fraction of sp³-hybridized carbons (Fsp3) is 0.375. The van der Waals surface area contributed by atoms with Gasteiger partial charge in [-0.05, 0) is 71.9 Å². The van der Waals surface area contributed by atoms with E-state index in [1.54, 1.807) is 0 Å². The molecule has 0 N–H and O–H groups in total. The number of hydrogen-bond donors (Lipinski definition) is 0. The van der Waals surface area contributed by atoms with Gasteiger partial charge in [-0.15, -0.1) is 0 Å². The normalized spacial score (nSPS) is 23.6. The van der Waals surface area contributed by atoms with Crippen LogP contribution in [0.3, 0.4) is 0 Å². The van der Waals surface area contributed by atoms with Gasteiger partial charge in [-0.1, -0.05) is 49.9 Å². The summed E-state index contributed by atoms with van der Waals surface area (Å²) >= 11 is 0. The molecule has 142 valence electrons. The van der Waals surface area contributed by atoms with Crippen LogP contribution < -0.4 is 0 Å². The summed E-state index contributed by atoms with van der Waals surface area (Å²) in [6, 6.07) is 15.4. The number of allylic oxidation sites excluding steroid dienone is 1. The molecule has 1 aliphatic carbocycles. The van der Waals surface area contributed by atoms with Gasteiger partial charge in [-0.2, -0.15) is 0 Å². The van der Waals surface area contributed by atoms with Crippen LogP contribution in [0.25, 0.3) is 5.57 Å². The molecule has 1 fully saturated rings. The molecule has 0 spiro atoms. The molecule has 1 heterocycles. The van der Waals surface area contributed by atoms with Crippen LogP contribution in [0.15, 0.2) is 54.0 Å². The molecule has 4 rings (SSSR count). The summed E-state index contributed by atoms with van der Waals surface area (Å²) in [6.45, 7) is 6.50. The fourth-order valence-corrected chi connectivity index (χ4v) is 4.22. The molecule has 0 saturated heterocycles. The molecule has 1 nitrogen and oxygen atoms in total. The molecule has 1 saturated carbocycles. The minimum absolute atomic E-state index is 0. The highest BCUT2D eigenvalue weighted by Crippen LogP contribution is 2.41. The maximum atomic E-state index is 13.4. The third kappa shape index (κ3) is 3.87. The van der Waals surface area contributed by atoms with Crippen LogP contribution in [0.4, 0.5) is 14.8 Å². The first-order valence-corrected chi connectivity index (χ1v) is 9.76. The van der Waals surface area contributed by atoms with Gasteiger partial charge < -0.3 is 0 Å². The smallest absolute Gasteiger partial charge is 0.100 e. The Bertz CT molecular complexity index is 830. The molecule has 2 aromatic carbocycles. The van der Waals surface area contributed by atoms with E-state index in [1.165, 1.54) is 16.7 Å². The average Bonchev–Trinajstić information content (AvgIpc) is 3.11. The molecule has 0 amide bonds. The van der Waals surface area contributed by atoms with E-state index in [4.69, 9.17) is 0 Å². The highest BCUT2D eigenvalue weighted by Gasteiger charge is 2.25. The molecule has 1 unspecified atom stereocenters. The molecular weight excluding hydrogens is 340 g/mol. The summed E-state index contributed by atoms with van der Waals surface area (Å²) in [5, 5.41) is 0. The zero-order chi connectivity index (χ0) is 18.1. The molecule has 0 bridgehead atoms. The van der Waals surface area contributed by atoms with E-state index in [0.29, 0.717) is 18.8 Å². The summed E-state index contributed by atoms with van der Waals surface area (Å²) in [4.78, 5) is 4.67. The van der Waals surface area contributed by atoms with Gasteiger partial charge in [0.1, 0.15) is 6.17 Å². The number of rotatable bonds is 4. The minimum Gasteiger partial charge on any atom is -0.269 e. The fourth-order valence-electron chi connectivity index (χ4n) is 4.22. The van der Waals surface area contributed by atoms with Crippen molar-refractivity contribution in [1.29, 1.82) is 0 Å². The standard InChI is InChI=1S/C24H26FN.FH/c1-3-17-4-6-19(7-5-17)23-15-26-24-14-20(10-13-22(23)24)16(2)18-8-11-21(25)12-9-18;/h4-7,10,13-15,18,21,23H,2-3,8-9,11-12H2,1H3;1H. The van der Waals surface area contributed by atoms with Gasteiger partial charge in [0.05, 0.1) is 5.69 Å². The average molecular weight is 367 g/mol. The van der Waals surface area contributed by atoms with Gasteiger partial charge in [-0.25, -0.2) is 4.39 Å². The van der Waals surface area contributed by atoms with Crippen LogP contribution in [0, 0.1) is 5.92 Å². The van der Waals surface area contributed by atoms with Gasteiger partial charge >= 0.3 is 0 Å². The van der Waals surface area contributed by atoms with Crippen molar-refractivity contribution in [2.24, 2.45) is 10.9 Å². The first kappa shape index (κ1) is 19.5. The van der Waals surface area contributed by atoms with Crippen molar-refractivity contribution >= 4 is 17.5 Å². The monoisotopic (exact) mass is 367 g/mol. The topological polar surface area (TPSA) is 12.4 Å². The number of halogens is 2. The van der Waals surface area contributed by atoms with Crippen LogP contribution in [0.2, 0.25) is 0 Å². The van der Waals surface area contributed by atoms with Gasteiger partial charge in [0.2, 0.25) is 0 Å². The van der Waals surface area contributed by atoms with Crippen molar-refractivity contribution in [2.45, 2.75) is 51.1 Å². The van der Waals surface area contributed by atoms with Crippen LogP contribution in [0.1, 0.15) is 60.8 Å².